The Bertz CT molecular complexity index is 754. The number of carbonyl (C=O) groups is 1. The van der Waals surface area contributed by atoms with Crippen LogP contribution < -0.4 is 10.6 Å². The van der Waals surface area contributed by atoms with E-state index in [-0.39, 0.29) is 18.1 Å². The van der Waals surface area contributed by atoms with Crippen molar-refractivity contribution in [3.8, 4) is 0 Å². The lowest BCUT2D eigenvalue weighted by Gasteiger charge is -2.16. The number of methoxy groups -OCH3 is 1. The fourth-order valence-corrected chi connectivity index (χ4v) is 2.22. The summed E-state index contributed by atoms with van der Waals surface area (Å²) in [5.41, 5.74) is 1.67. The predicted molar refractivity (Wildman–Crippen MR) is 86.2 cm³/mol. The van der Waals surface area contributed by atoms with Gasteiger partial charge in [-0.15, -0.1) is 5.10 Å². The Morgan fingerprint density at radius 3 is 2.74 bits per heavy atom. The lowest BCUT2D eigenvalue weighted by molar-refractivity contribution is 0.104. The number of hydrogen-bond acceptors (Lipinski definition) is 4. The van der Waals surface area contributed by atoms with E-state index in [1.165, 1.54) is 0 Å². The Morgan fingerprint density at radius 1 is 1.22 bits per heavy atom. The Kier molecular flexibility index (Phi) is 4.49. The van der Waals surface area contributed by atoms with E-state index in [4.69, 9.17) is 4.74 Å². The molecule has 0 aliphatic heterocycles. The predicted octanol–water partition coefficient (Wildman–Crippen LogP) is 2.24. The number of fused-ring (bicyclic) bond motifs is 1. The number of carbonyl (C=O) groups excluding carboxylic acids is 1. The van der Waals surface area contributed by atoms with Crippen LogP contribution >= 0.6 is 0 Å². The van der Waals surface area contributed by atoms with E-state index in [9.17, 15) is 4.79 Å². The summed E-state index contributed by atoms with van der Waals surface area (Å²) in [7, 11) is 1.61. The molecule has 0 saturated heterocycles. The van der Waals surface area contributed by atoms with Crippen molar-refractivity contribution in [2.24, 2.45) is 0 Å². The third kappa shape index (κ3) is 3.64. The summed E-state index contributed by atoms with van der Waals surface area (Å²) in [5.74, 6) is 0.252. The molecule has 0 fully saturated rings. The summed E-state index contributed by atoms with van der Waals surface area (Å²) in [6, 6.07) is 14.8. The number of amides is 2. The smallest absolute Gasteiger partial charge is 0.321 e. The molecular formula is C16H17N5O2. The number of ether oxygens (including phenoxy) is 1. The zero-order valence-electron chi connectivity index (χ0n) is 12.6. The zero-order valence-corrected chi connectivity index (χ0v) is 12.6. The first-order valence-electron chi connectivity index (χ1n) is 7.20. The van der Waals surface area contributed by atoms with Crippen molar-refractivity contribution < 1.29 is 9.53 Å². The van der Waals surface area contributed by atoms with Gasteiger partial charge in [-0.3, -0.25) is 5.32 Å². The molecule has 0 unspecified atom stereocenters. The first kappa shape index (κ1) is 15.0. The molecule has 7 nitrogen and oxygen atoms in total. The largest absolute Gasteiger partial charge is 0.375 e. The number of nitrogens with one attached hydrogen (secondary N) is 2. The number of anilines is 1. The Balaban J connectivity index is 1.58. The number of hydrogen-bond donors (Lipinski definition) is 2. The van der Waals surface area contributed by atoms with Crippen molar-refractivity contribution in [1.29, 1.82) is 0 Å². The SMILES string of the molecule is CO[C@@H](CNC(=O)Nc1nc2ccccn2n1)c1ccccc1. The van der Waals surface area contributed by atoms with E-state index in [1.54, 1.807) is 17.8 Å². The first-order valence-corrected chi connectivity index (χ1v) is 7.20. The van der Waals surface area contributed by atoms with Gasteiger partial charge in [-0.2, -0.15) is 4.98 Å². The maximum atomic E-state index is 12.0. The van der Waals surface area contributed by atoms with Crippen LogP contribution in [-0.4, -0.2) is 34.3 Å². The fourth-order valence-electron chi connectivity index (χ4n) is 2.22. The van der Waals surface area contributed by atoms with Gasteiger partial charge in [-0.05, 0) is 17.7 Å². The molecule has 3 rings (SSSR count). The zero-order chi connectivity index (χ0) is 16.1. The average Bonchev–Trinajstić information content (AvgIpc) is 2.98. The van der Waals surface area contributed by atoms with Crippen molar-refractivity contribution in [2.45, 2.75) is 6.10 Å². The fraction of sp³-hybridized carbons (Fsp3) is 0.188. The van der Waals surface area contributed by atoms with Crippen LogP contribution in [-0.2, 0) is 4.74 Å². The van der Waals surface area contributed by atoms with E-state index >= 15 is 0 Å². The topological polar surface area (TPSA) is 80.5 Å². The number of benzene rings is 1. The van der Waals surface area contributed by atoms with Gasteiger partial charge in [-0.25, -0.2) is 9.31 Å². The summed E-state index contributed by atoms with van der Waals surface area (Å²) in [6.45, 7) is 0.347. The molecular weight excluding hydrogens is 294 g/mol. The van der Waals surface area contributed by atoms with Crippen LogP contribution in [0, 0.1) is 0 Å². The number of pyridine rings is 1. The van der Waals surface area contributed by atoms with Crippen LogP contribution in [0.5, 0.6) is 0 Å². The minimum absolute atomic E-state index is 0.212. The summed E-state index contributed by atoms with van der Waals surface area (Å²) >= 11 is 0. The maximum absolute atomic E-state index is 12.0. The van der Waals surface area contributed by atoms with Crippen molar-refractivity contribution in [3.05, 3.63) is 60.3 Å². The lowest BCUT2D eigenvalue weighted by atomic mass is 10.1. The third-order valence-corrected chi connectivity index (χ3v) is 3.37. The Labute approximate surface area is 133 Å². The molecule has 0 saturated carbocycles. The molecule has 3 aromatic rings. The molecule has 0 radical (unpaired) electrons. The van der Waals surface area contributed by atoms with E-state index in [2.05, 4.69) is 20.7 Å². The monoisotopic (exact) mass is 311 g/mol. The minimum Gasteiger partial charge on any atom is -0.375 e. The van der Waals surface area contributed by atoms with Gasteiger partial charge in [0.2, 0.25) is 0 Å². The van der Waals surface area contributed by atoms with Gasteiger partial charge in [0, 0.05) is 19.9 Å². The maximum Gasteiger partial charge on any atom is 0.321 e. The van der Waals surface area contributed by atoms with Gasteiger partial charge < -0.3 is 10.1 Å². The molecule has 0 spiro atoms. The van der Waals surface area contributed by atoms with Crippen LogP contribution in [0.15, 0.2) is 54.7 Å². The second kappa shape index (κ2) is 6.89. The van der Waals surface area contributed by atoms with Gasteiger partial charge in [0.15, 0.2) is 5.65 Å². The van der Waals surface area contributed by atoms with Crippen molar-refractivity contribution in [3.63, 3.8) is 0 Å². The highest BCUT2D eigenvalue weighted by Gasteiger charge is 2.13. The van der Waals surface area contributed by atoms with Crippen LogP contribution in [0.25, 0.3) is 5.65 Å². The van der Waals surface area contributed by atoms with Gasteiger partial charge in [0.1, 0.15) is 0 Å². The van der Waals surface area contributed by atoms with E-state index in [0.717, 1.165) is 5.56 Å². The molecule has 0 aliphatic rings. The molecule has 2 amide bonds. The second-order valence-corrected chi connectivity index (χ2v) is 4.91. The van der Waals surface area contributed by atoms with Crippen LogP contribution in [0.2, 0.25) is 0 Å². The van der Waals surface area contributed by atoms with Gasteiger partial charge in [0.25, 0.3) is 5.95 Å². The van der Waals surface area contributed by atoms with Crippen molar-refractivity contribution in [1.82, 2.24) is 19.9 Å². The third-order valence-electron chi connectivity index (χ3n) is 3.37. The molecule has 23 heavy (non-hydrogen) atoms. The van der Waals surface area contributed by atoms with Crippen molar-refractivity contribution >= 4 is 17.6 Å². The van der Waals surface area contributed by atoms with Crippen molar-refractivity contribution in [2.75, 3.05) is 19.0 Å². The number of nitrogens with zero attached hydrogens (tertiary/aromatic N) is 3. The molecule has 0 aliphatic carbocycles. The normalized spacial score (nSPS) is 12.0. The highest BCUT2D eigenvalue weighted by atomic mass is 16.5. The Morgan fingerprint density at radius 2 is 2.00 bits per heavy atom. The summed E-state index contributed by atoms with van der Waals surface area (Å²) in [5, 5.41) is 9.53. The standard InChI is InChI=1S/C16H17N5O2/c1-23-13(12-7-3-2-4-8-12)11-17-16(22)19-15-18-14-9-5-6-10-21(14)20-15/h2-10,13H,11H2,1H3,(H2,17,19,20,22)/t13-/m0/s1. The molecule has 2 N–H and O–H groups in total. The van der Waals surface area contributed by atoms with E-state index in [1.807, 2.05) is 48.5 Å². The molecule has 2 aromatic heterocycles. The van der Waals surface area contributed by atoms with Gasteiger partial charge >= 0.3 is 6.03 Å². The first-order chi connectivity index (χ1) is 11.3. The summed E-state index contributed by atoms with van der Waals surface area (Å²) in [4.78, 5) is 16.2. The molecule has 0 bridgehead atoms. The molecule has 7 heteroatoms. The molecule has 2 heterocycles. The quantitative estimate of drug-likeness (QED) is 0.757. The highest BCUT2D eigenvalue weighted by molar-refractivity contribution is 5.87. The number of urea groups is 1. The van der Waals surface area contributed by atoms with Crippen LogP contribution in [0.3, 0.4) is 0 Å². The molecule has 1 atom stereocenters. The highest BCUT2D eigenvalue weighted by Crippen LogP contribution is 2.14. The second-order valence-electron chi connectivity index (χ2n) is 4.91. The molecule has 118 valence electrons. The van der Waals surface area contributed by atoms with Gasteiger partial charge in [0.05, 0.1) is 6.10 Å². The minimum atomic E-state index is -0.376. The van der Waals surface area contributed by atoms with Crippen LogP contribution in [0.1, 0.15) is 11.7 Å². The summed E-state index contributed by atoms with van der Waals surface area (Å²) < 4.78 is 7.00. The van der Waals surface area contributed by atoms with Crippen LogP contribution in [0.4, 0.5) is 10.7 Å². The Hall–Kier alpha value is -2.93. The van der Waals surface area contributed by atoms with E-state index < -0.39 is 0 Å². The van der Waals surface area contributed by atoms with Gasteiger partial charge in [-0.1, -0.05) is 36.4 Å². The van der Waals surface area contributed by atoms with E-state index in [0.29, 0.717) is 12.2 Å². The average molecular weight is 311 g/mol. The summed E-state index contributed by atoms with van der Waals surface area (Å²) in [6.07, 6.45) is 1.55. The molecule has 1 aromatic carbocycles. The number of rotatable bonds is 5. The number of aromatic nitrogens is 3. The lowest BCUT2D eigenvalue weighted by Crippen LogP contribution is -2.33.